The fourth-order valence-electron chi connectivity index (χ4n) is 6.50. The first kappa shape index (κ1) is 19.1. The molecule has 5 aliphatic rings. The normalized spacial score (nSPS) is 35.6. The predicted octanol–water partition coefficient (Wildman–Crippen LogP) is 2.90. The highest BCUT2D eigenvalue weighted by Gasteiger charge is 2.51. The van der Waals surface area contributed by atoms with Gasteiger partial charge in [-0.1, -0.05) is 0 Å². The Morgan fingerprint density at radius 1 is 1.03 bits per heavy atom. The molecule has 1 unspecified atom stereocenters. The number of hydrogen-bond acceptors (Lipinski definition) is 5. The van der Waals surface area contributed by atoms with Crippen LogP contribution >= 0.6 is 0 Å². The number of carbonyl (C=O) groups is 2. The van der Waals surface area contributed by atoms with Crippen molar-refractivity contribution in [2.75, 3.05) is 25.2 Å². The van der Waals surface area contributed by atoms with Gasteiger partial charge >= 0.3 is 0 Å². The van der Waals surface area contributed by atoms with Crippen LogP contribution in [-0.2, 0) is 14.3 Å². The quantitative estimate of drug-likeness (QED) is 0.565. The lowest BCUT2D eigenvalue weighted by molar-refractivity contribution is -0.161. The summed E-state index contributed by atoms with van der Waals surface area (Å²) in [6.07, 6.45) is 8.05. The van der Waals surface area contributed by atoms with Gasteiger partial charge in [-0.2, -0.15) is 0 Å². The number of benzene rings is 1. The molecular weight excluding hydrogens is 368 g/mol. The van der Waals surface area contributed by atoms with E-state index in [9.17, 15) is 9.59 Å². The van der Waals surface area contributed by atoms with E-state index in [1.807, 2.05) is 0 Å². The molecule has 0 radical (unpaired) electrons. The van der Waals surface area contributed by atoms with Crippen molar-refractivity contribution in [3.63, 3.8) is 0 Å². The summed E-state index contributed by atoms with van der Waals surface area (Å²) >= 11 is 0. The van der Waals surface area contributed by atoms with Gasteiger partial charge in [0.25, 0.3) is 5.91 Å². The largest absolute Gasteiger partial charge is 0.497 e. The molecule has 6 nitrogen and oxygen atoms in total. The van der Waals surface area contributed by atoms with Crippen LogP contribution < -0.4 is 15.0 Å². The highest BCUT2D eigenvalue weighted by Crippen LogP contribution is 2.57. The lowest BCUT2D eigenvalue weighted by Crippen LogP contribution is -2.52. The van der Waals surface area contributed by atoms with Gasteiger partial charge in [0.15, 0.2) is 0 Å². The van der Waals surface area contributed by atoms with Crippen molar-refractivity contribution in [2.45, 2.75) is 56.6 Å². The molecule has 156 valence electrons. The van der Waals surface area contributed by atoms with Crippen molar-refractivity contribution in [1.29, 1.82) is 0 Å². The van der Waals surface area contributed by atoms with Crippen LogP contribution in [-0.4, -0.2) is 43.7 Å². The minimum atomic E-state index is -0.468. The molecule has 0 aromatic heterocycles. The predicted molar refractivity (Wildman–Crippen MR) is 109 cm³/mol. The van der Waals surface area contributed by atoms with E-state index < -0.39 is 6.04 Å². The molecule has 6 heteroatoms. The van der Waals surface area contributed by atoms with Crippen molar-refractivity contribution >= 4 is 17.5 Å². The van der Waals surface area contributed by atoms with E-state index in [-0.39, 0.29) is 23.8 Å². The number of nitrogens with zero attached hydrogens (tertiary/aromatic N) is 1. The molecule has 1 saturated heterocycles. The zero-order valence-corrected chi connectivity index (χ0v) is 17.1. The number of amides is 2. The Morgan fingerprint density at radius 2 is 1.66 bits per heavy atom. The number of nitrogens with one attached hydrogen (secondary N) is 1. The van der Waals surface area contributed by atoms with Crippen molar-refractivity contribution < 1.29 is 19.1 Å². The minimum absolute atomic E-state index is 0.0844. The molecule has 0 spiro atoms. The molecule has 5 fully saturated rings. The third kappa shape index (κ3) is 3.57. The fraction of sp³-hybridized carbons (Fsp3) is 0.652. The van der Waals surface area contributed by atoms with E-state index >= 15 is 0 Å². The molecular formula is C23H30N2O4. The summed E-state index contributed by atoms with van der Waals surface area (Å²) in [4.78, 5) is 26.4. The Labute approximate surface area is 171 Å². The number of hydrogen-bond donors (Lipinski definition) is 1. The van der Waals surface area contributed by atoms with Gasteiger partial charge in [0.05, 0.1) is 37.5 Å². The summed E-state index contributed by atoms with van der Waals surface area (Å²) < 4.78 is 11.6. The molecule has 4 aliphatic carbocycles. The van der Waals surface area contributed by atoms with Gasteiger partial charge in [-0.25, -0.2) is 4.90 Å². The summed E-state index contributed by atoms with van der Waals surface area (Å²) in [5.74, 6) is 2.93. The molecule has 1 atom stereocenters. The molecule has 1 N–H and O–H groups in total. The first-order valence-corrected chi connectivity index (χ1v) is 10.9. The highest BCUT2D eigenvalue weighted by atomic mass is 16.5. The summed E-state index contributed by atoms with van der Waals surface area (Å²) in [5.41, 5.74) is 0.677. The van der Waals surface area contributed by atoms with Crippen LogP contribution in [0.5, 0.6) is 5.75 Å². The van der Waals surface area contributed by atoms with Crippen LogP contribution in [0, 0.1) is 17.8 Å². The lowest BCUT2D eigenvalue weighted by atomic mass is 9.54. The van der Waals surface area contributed by atoms with Crippen LogP contribution in [0.25, 0.3) is 0 Å². The first-order valence-electron chi connectivity index (χ1n) is 10.9. The Kier molecular flexibility index (Phi) is 4.87. The van der Waals surface area contributed by atoms with E-state index in [0.29, 0.717) is 24.6 Å². The minimum Gasteiger partial charge on any atom is -0.497 e. The van der Waals surface area contributed by atoms with Gasteiger partial charge < -0.3 is 14.8 Å². The van der Waals surface area contributed by atoms with Gasteiger partial charge in [-0.15, -0.1) is 0 Å². The summed E-state index contributed by atoms with van der Waals surface area (Å²) in [5, 5.41) is 3.25. The second-order valence-corrected chi connectivity index (χ2v) is 9.43. The Bertz CT molecular complexity index is 755. The molecule has 1 aliphatic heterocycles. The van der Waals surface area contributed by atoms with E-state index in [2.05, 4.69) is 5.32 Å². The number of rotatable bonds is 7. The summed E-state index contributed by atoms with van der Waals surface area (Å²) in [6, 6.07) is 6.54. The molecule has 4 saturated carbocycles. The van der Waals surface area contributed by atoms with Gasteiger partial charge in [0.2, 0.25) is 5.91 Å². The SMILES string of the molecule is COc1ccc(N2C(=O)CC(NCCOC34CC5CC(CC(C5)C3)C4)C2=O)cc1. The topological polar surface area (TPSA) is 67.9 Å². The number of methoxy groups -OCH3 is 1. The van der Waals surface area contributed by atoms with Crippen LogP contribution in [0.15, 0.2) is 24.3 Å². The summed E-state index contributed by atoms with van der Waals surface area (Å²) in [7, 11) is 1.59. The van der Waals surface area contributed by atoms with Crippen molar-refractivity contribution in [1.82, 2.24) is 5.32 Å². The third-order valence-electron chi connectivity index (χ3n) is 7.36. The van der Waals surface area contributed by atoms with E-state index in [1.165, 1.54) is 43.4 Å². The molecule has 6 rings (SSSR count). The Balaban J connectivity index is 1.14. The maximum Gasteiger partial charge on any atom is 0.251 e. The zero-order chi connectivity index (χ0) is 20.0. The Morgan fingerprint density at radius 3 is 2.24 bits per heavy atom. The highest BCUT2D eigenvalue weighted by molar-refractivity contribution is 6.22. The molecule has 1 aromatic rings. The van der Waals surface area contributed by atoms with Crippen LogP contribution in [0.1, 0.15) is 44.9 Å². The lowest BCUT2D eigenvalue weighted by Gasteiger charge is -2.56. The average Bonchev–Trinajstić information content (AvgIpc) is 2.98. The van der Waals surface area contributed by atoms with E-state index in [4.69, 9.17) is 9.47 Å². The molecule has 1 heterocycles. The van der Waals surface area contributed by atoms with Gasteiger partial charge in [-0.05, 0) is 80.5 Å². The number of anilines is 1. The van der Waals surface area contributed by atoms with Gasteiger partial charge in [-0.3, -0.25) is 9.59 Å². The maximum absolute atomic E-state index is 12.8. The van der Waals surface area contributed by atoms with Crippen LogP contribution in [0.2, 0.25) is 0 Å². The molecule has 4 bridgehead atoms. The second kappa shape index (κ2) is 7.40. The molecule has 29 heavy (non-hydrogen) atoms. The van der Waals surface area contributed by atoms with Gasteiger partial charge in [0, 0.05) is 6.54 Å². The number of ether oxygens (including phenoxy) is 2. The zero-order valence-electron chi connectivity index (χ0n) is 17.1. The van der Waals surface area contributed by atoms with E-state index in [0.717, 1.165) is 17.8 Å². The van der Waals surface area contributed by atoms with Crippen molar-refractivity contribution in [3.8, 4) is 5.75 Å². The van der Waals surface area contributed by atoms with Crippen LogP contribution in [0.4, 0.5) is 5.69 Å². The second-order valence-electron chi connectivity index (χ2n) is 9.43. The van der Waals surface area contributed by atoms with Crippen molar-refractivity contribution in [3.05, 3.63) is 24.3 Å². The molecule has 1 aromatic carbocycles. The maximum atomic E-state index is 12.8. The van der Waals surface area contributed by atoms with Crippen molar-refractivity contribution in [2.24, 2.45) is 17.8 Å². The van der Waals surface area contributed by atoms with Gasteiger partial charge in [0.1, 0.15) is 5.75 Å². The third-order valence-corrected chi connectivity index (χ3v) is 7.36. The smallest absolute Gasteiger partial charge is 0.251 e. The monoisotopic (exact) mass is 398 g/mol. The first-order chi connectivity index (χ1) is 14.0. The Hall–Kier alpha value is -1.92. The van der Waals surface area contributed by atoms with E-state index in [1.54, 1.807) is 31.4 Å². The standard InChI is InChI=1S/C23H30N2O4/c1-28-19-4-2-18(3-5-19)25-21(26)11-20(22(25)27)24-6-7-29-23-12-15-8-16(13-23)10-17(9-15)14-23/h2-5,15-17,20,24H,6-14H2,1H3. The molecule has 2 amide bonds. The van der Waals surface area contributed by atoms with Crippen LogP contribution in [0.3, 0.4) is 0 Å². The average molecular weight is 399 g/mol. The summed E-state index contributed by atoms with van der Waals surface area (Å²) in [6.45, 7) is 1.20. The number of carbonyl (C=O) groups excluding carboxylic acids is 2. The fourth-order valence-corrected chi connectivity index (χ4v) is 6.50. The number of imide groups is 1.